The zero-order valence-corrected chi connectivity index (χ0v) is 13.9. The zero-order valence-electron chi connectivity index (χ0n) is 13.2. The van der Waals surface area contributed by atoms with Crippen LogP contribution in [0.3, 0.4) is 0 Å². The first-order chi connectivity index (χ1) is 11.2. The highest BCUT2D eigenvalue weighted by molar-refractivity contribution is 6.29. The van der Waals surface area contributed by atoms with Crippen LogP contribution in [0.5, 0.6) is 5.75 Å². The monoisotopic (exact) mass is 326 g/mol. The smallest absolute Gasteiger partial charge is 0.129 e. The molecule has 1 aliphatic heterocycles. The van der Waals surface area contributed by atoms with Gasteiger partial charge in [0, 0.05) is 12.1 Å². The van der Waals surface area contributed by atoms with E-state index in [9.17, 15) is 0 Å². The highest BCUT2D eigenvalue weighted by Crippen LogP contribution is 2.47. The average Bonchev–Trinajstić information content (AvgIpc) is 2.54. The number of aliphatic imine (C=N–C) groups is 1. The molecule has 23 heavy (non-hydrogen) atoms. The van der Waals surface area contributed by atoms with Gasteiger partial charge in [-0.1, -0.05) is 30.2 Å². The van der Waals surface area contributed by atoms with Crippen molar-refractivity contribution < 1.29 is 4.74 Å². The van der Waals surface area contributed by atoms with E-state index in [0.29, 0.717) is 5.15 Å². The third-order valence-electron chi connectivity index (χ3n) is 5.09. The normalized spacial score (nSPS) is 18.6. The maximum atomic E-state index is 6.15. The van der Waals surface area contributed by atoms with Crippen molar-refractivity contribution in [2.24, 2.45) is 4.99 Å². The molecule has 0 N–H and O–H groups in total. The van der Waals surface area contributed by atoms with Gasteiger partial charge in [0.15, 0.2) is 0 Å². The van der Waals surface area contributed by atoms with Crippen molar-refractivity contribution in [3.8, 4) is 5.75 Å². The Labute approximate surface area is 141 Å². The van der Waals surface area contributed by atoms with Crippen LogP contribution in [0.2, 0.25) is 5.15 Å². The maximum absolute atomic E-state index is 6.15. The van der Waals surface area contributed by atoms with Gasteiger partial charge in [-0.3, -0.25) is 4.99 Å². The number of halogens is 1. The Kier molecular flexibility index (Phi) is 3.61. The van der Waals surface area contributed by atoms with Crippen molar-refractivity contribution in [2.45, 2.75) is 31.1 Å². The second-order valence-corrected chi connectivity index (χ2v) is 6.67. The van der Waals surface area contributed by atoms with E-state index in [0.717, 1.165) is 37.3 Å². The zero-order chi connectivity index (χ0) is 15.9. The molecule has 4 heteroatoms. The van der Waals surface area contributed by atoms with Crippen molar-refractivity contribution in [2.75, 3.05) is 13.7 Å². The third kappa shape index (κ3) is 2.34. The number of hydrogen-bond acceptors (Lipinski definition) is 3. The van der Waals surface area contributed by atoms with Gasteiger partial charge in [-0.15, -0.1) is 0 Å². The van der Waals surface area contributed by atoms with E-state index in [-0.39, 0.29) is 5.41 Å². The van der Waals surface area contributed by atoms with Crippen molar-refractivity contribution in [3.05, 3.63) is 58.4 Å². The van der Waals surface area contributed by atoms with Crippen LogP contribution in [0.1, 0.15) is 36.1 Å². The summed E-state index contributed by atoms with van der Waals surface area (Å²) >= 11 is 6.15. The van der Waals surface area contributed by atoms with Crippen molar-refractivity contribution in [3.63, 3.8) is 0 Å². The van der Waals surface area contributed by atoms with E-state index in [1.54, 1.807) is 7.11 Å². The quantitative estimate of drug-likeness (QED) is 0.792. The number of nitrogens with zero attached hydrogens (tertiary/aromatic N) is 2. The Balaban J connectivity index is 1.85. The summed E-state index contributed by atoms with van der Waals surface area (Å²) in [5.41, 5.74) is 4.69. The van der Waals surface area contributed by atoms with Gasteiger partial charge in [0.2, 0.25) is 0 Å². The molecule has 0 atom stereocenters. The summed E-state index contributed by atoms with van der Waals surface area (Å²) < 4.78 is 5.43. The van der Waals surface area contributed by atoms with E-state index < -0.39 is 0 Å². The summed E-state index contributed by atoms with van der Waals surface area (Å²) in [6.45, 7) is 0.844. The summed E-state index contributed by atoms with van der Waals surface area (Å²) in [6.07, 6.45) is 4.35. The molecule has 1 fully saturated rings. The molecule has 0 bridgehead atoms. The van der Waals surface area contributed by atoms with Crippen LogP contribution in [0.25, 0.3) is 0 Å². The van der Waals surface area contributed by atoms with E-state index in [1.807, 2.05) is 18.2 Å². The fourth-order valence-corrected chi connectivity index (χ4v) is 3.89. The summed E-state index contributed by atoms with van der Waals surface area (Å²) in [5.74, 6) is 0.881. The van der Waals surface area contributed by atoms with Crippen LogP contribution in [0.4, 0.5) is 0 Å². The number of hydrogen-bond donors (Lipinski definition) is 0. The Morgan fingerprint density at radius 3 is 2.74 bits per heavy atom. The van der Waals surface area contributed by atoms with Gasteiger partial charge >= 0.3 is 0 Å². The lowest BCUT2D eigenvalue weighted by Gasteiger charge is -2.44. The molecule has 0 saturated heterocycles. The van der Waals surface area contributed by atoms with Gasteiger partial charge < -0.3 is 4.74 Å². The minimum absolute atomic E-state index is 0.0908. The lowest BCUT2D eigenvalue weighted by atomic mass is 9.61. The standard InChI is InChI=1S/C19H19ClN2O/c1-23-14-7-6-13-8-11-21-18(15(13)12-14)19(9-3-10-19)16-4-2-5-17(20)22-16/h2,4-7,12H,3,8-11H2,1H3. The summed E-state index contributed by atoms with van der Waals surface area (Å²) in [6, 6.07) is 12.2. The highest BCUT2D eigenvalue weighted by atomic mass is 35.5. The first kappa shape index (κ1) is 14.7. The maximum Gasteiger partial charge on any atom is 0.129 e. The molecule has 1 saturated carbocycles. The lowest BCUT2D eigenvalue weighted by Crippen LogP contribution is -2.45. The molecular formula is C19H19ClN2O. The molecule has 2 heterocycles. The van der Waals surface area contributed by atoms with Crippen molar-refractivity contribution >= 4 is 17.3 Å². The number of benzene rings is 1. The lowest BCUT2D eigenvalue weighted by molar-refractivity contribution is 0.331. The van der Waals surface area contributed by atoms with Gasteiger partial charge in [0.1, 0.15) is 10.9 Å². The van der Waals surface area contributed by atoms with Crippen molar-refractivity contribution in [1.29, 1.82) is 0 Å². The molecule has 0 radical (unpaired) electrons. The van der Waals surface area contributed by atoms with Gasteiger partial charge in [0.05, 0.1) is 23.9 Å². The van der Waals surface area contributed by atoms with Crippen LogP contribution >= 0.6 is 11.6 Å². The fourth-order valence-electron chi connectivity index (χ4n) is 3.72. The fraction of sp³-hybridized carbons (Fsp3) is 0.368. The van der Waals surface area contributed by atoms with Crippen LogP contribution in [0, 0.1) is 0 Å². The molecule has 1 aliphatic carbocycles. The number of fused-ring (bicyclic) bond motifs is 1. The number of methoxy groups -OCH3 is 1. The predicted molar refractivity (Wildman–Crippen MR) is 92.9 cm³/mol. The van der Waals surface area contributed by atoms with Gasteiger partial charge in [-0.25, -0.2) is 4.98 Å². The predicted octanol–water partition coefficient (Wildman–Crippen LogP) is 4.21. The molecule has 3 nitrogen and oxygen atoms in total. The SMILES string of the molecule is COc1ccc2c(c1)C(C1(c3cccc(Cl)n3)CCC1)=NCC2. The topological polar surface area (TPSA) is 34.5 Å². The third-order valence-corrected chi connectivity index (χ3v) is 5.30. The van der Waals surface area contributed by atoms with Crippen LogP contribution < -0.4 is 4.74 Å². The Morgan fingerprint density at radius 2 is 2.04 bits per heavy atom. The van der Waals surface area contributed by atoms with E-state index in [1.165, 1.54) is 23.3 Å². The first-order valence-corrected chi connectivity index (χ1v) is 8.46. The van der Waals surface area contributed by atoms with E-state index in [4.69, 9.17) is 21.3 Å². The highest BCUT2D eigenvalue weighted by Gasteiger charge is 2.46. The molecule has 4 rings (SSSR count). The molecule has 0 amide bonds. The molecule has 2 aromatic rings. The molecule has 0 unspecified atom stereocenters. The van der Waals surface area contributed by atoms with Gasteiger partial charge in [0.25, 0.3) is 0 Å². The summed E-state index contributed by atoms with van der Waals surface area (Å²) in [7, 11) is 1.71. The van der Waals surface area contributed by atoms with Crippen LogP contribution in [0.15, 0.2) is 41.4 Å². The molecule has 1 aromatic carbocycles. The first-order valence-electron chi connectivity index (χ1n) is 8.08. The minimum atomic E-state index is -0.0908. The number of rotatable bonds is 3. The Morgan fingerprint density at radius 1 is 1.17 bits per heavy atom. The average molecular weight is 327 g/mol. The molecule has 1 aromatic heterocycles. The molecule has 0 spiro atoms. The second kappa shape index (κ2) is 5.64. The van der Waals surface area contributed by atoms with E-state index in [2.05, 4.69) is 23.2 Å². The Hall–Kier alpha value is -1.87. The van der Waals surface area contributed by atoms with Crippen molar-refractivity contribution in [1.82, 2.24) is 4.98 Å². The molecule has 2 aliphatic rings. The summed E-state index contributed by atoms with van der Waals surface area (Å²) in [4.78, 5) is 9.54. The number of ether oxygens (including phenoxy) is 1. The second-order valence-electron chi connectivity index (χ2n) is 6.28. The van der Waals surface area contributed by atoms with Crippen LogP contribution in [-0.4, -0.2) is 24.4 Å². The Bertz CT molecular complexity index is 781. The van der Waals surface area contributed by atoms with Gasteiger partial charge in [-0.05, 0) is 49.1 Å². The van der Waals surface area contributed by atoms with Crippen LogP contribution in [-0.2, 0) is 11.8 Å². The van der Waals surface area contributed by atoms with Gasteiger partial charge in [-0.2, -0.15) is 0 Å². The number of pyridine rings is 1. The summed E-state index contributed by atoms with van der Waals surface area (Å²) in [5, 5.41) is 0.552. The van der Waals surface area contributed by atoms with E-state index >= 15 is 0 Å². The molecule has 118 valence electrons. The number of aromatic nitrogens is 1. The molecular weight excluding hydrogens is 308 g/mol. The largest absolute Gasteiger partial charge is 0.497 e. The minimum Gasteiger partial charge on any atom is -0.497 e.